The predicted octanol–water partition coefficient (Wildman–Crippen LogP) is 2.31. The van der Waals surface area contributed by atoms with Gasteiger partial charge in [0, 0.05) is 31.2 Å². The zero-order chi connectivity index (χ0) is 14.2. The van der Waals surface area contributed by atoms with Gasteiger partial charge in [0.25, 0.3) is 0 Å². The lowest BCUT2D eigenvalue weighted by atomic mass is 9.76. The zero-order valence-corrected chi connectivity index (χ0v) is 13.5. The molecule has 2 N–H and O–H groups in total. The molecule has 1 aliphatic carbocycles. The van der Waals surface area contributed by atoms with Gasteiger partial charge in [-0.25, -0.2) is 0 Å². The Morgan fingerprint density at radius 2 is 1.95 bits per heavy atom. The van der Waals surface area contributed by atoms with Crippen LogP contribution >= 0.6 is 0 Å². The second-order valence-corrected chi connectivity index (χ2v) is 7.83. The molecule has 0 spiro atoms. The third kappa shape index (κ3) is 2.53. The summed E-state index contributed by atoms with van der Waals surface area (Å²) < 4.78 is 0. The van der Waals surface area contributed by atoms with Crippen molar-refractivity contribution in [1.82, 2.24) is 9.80 Å². The first-order valence-electron chi connectivity index (χ1n) is 8.85. The number of nitrogens with two attached hydrogens (primary N) is 1. The summed E-state index contributed by atoms with van der Waals surface area (Å²) in [5.41, 5.74) is 6.72. The van der Waals surface area contributed by atoms with Crippen molar-refractivity contribution in [3.63, 3.8) is 0 Å². The van der Waals surface area contributed by atoms with Crippen LogP contribution in [0.15, 0.2) is 0 Å². The number of fused-ring (bicyclic) bond motifs is 2. The lowest BCUT2D eigenvalue weighted by molar-refractivity contribution is -0.0280. The Bertz CT molecular complexity index is 324. The zero-order valence-electron chi connectivity index (χ0n) is 13.5. The quantitative estimate of drug-likeness (QED) is 0.838. The predicted molar refractivity (Wildman–Crippen MR) is 84.7 cm³/mol. The van der Waals surface area contributed by atoms with Crippen molar-refractivity contribution in [2.75, 3.05) is 32.7 Å². The maximum atomic E-state index is 6.41. The van der Waals surface area contributed by atoms with Gasteiger partial charge < -0.3 is 10.6 Å². The Labute approximate surface area is 124 Å². The number of hydrogen-bond acceptors (Lipinski definition) is 3. The molecule has 2 heterocycles. The molecule has 3 unspecified atom stereocenters. The molecule has 20 heavy (non-hydrogen) atoms. The summed E-state index contributed by atoms with van der Waals surface area (Å²) in [5.74, 6) is 1.57. The van der Waals surface area contributed by atoms with Crippen molar-refractivity contribution in [2.24, 2.45) is 17.6 Å². The smallest absolute Gasteiger partial charge is 0.0387 e. The number of rotatable bonds is 5. The maximum Gasteiger partial charge on any atom is 0.0387 e. The average molecular weight is 279 g/mol. The van der Waals surface area contributed by atoms with Crippen LogP contribution in [0.4, 0.5) is 0 Å². The van der Waals surface area contributed by atoms with Crippen LogP contribution in [0.5, 0.6) is 0 Å². The molecule has 2 saturated heterocycles. The molecule has 2 aliphatic heterocycles. The van der Waals surface area contributed by atoms with Crippen molar-refractivity contribution in [2.45, 2.75) is 64.0 Å². The molecule has 2 bridgehead atoms. The van der Waals surface area contributed by atoms with Gasteiger partial charge in [0.15, 0.2) is 0 Å². The van der Waals surface area contributed by atoms with Crippen molar-refractivity contribution >= 4 is 0 Å². The Morgan fingerprint density at radius 1 is 1.20 bits per heavy atom. The molecule has 3 nitrogen and oxygen atoms in total. The van der Waals surface area contributed by atoms with Crippen molar-refractivity contribution in [1.29, 1.82) is 0 Å². The van der Waals surface area contributed by atoms with E-state index in [0.717, 1.165) is 24.4 Å². The SMILES string of the molecule is CC(C)CN(C1CCCC1)C1(CN)CCN2CCC1C2. The maximum absolute atomic E-state index is 6.41. The topological polar surface area (TPSA) is 32.5 Å². The number of hydrogen-bond donors (Lipinski definition) is 1. The molecule has 1 saturated carbocycles. The highest BCUT2D eigenvalue weighted by Gasteiger charge is 2.50. The normalized spacial score (nSPS) is 38.2. The van der Waals surface area contributed by atoms with Crippen LogP contribution < -0.4 is 5.73 Å². The lowest BCUT2D eigenvalue weighted by Gasteiger charge is -2.53. The van der Waals surface area contributed by atoms with Gasteiger partial charge in [-0.15, -0.1) is 0 Å². The van der Waals surface area contributed by atoms with Crippen LogP contribution in [0.3, 0.4) is 0 Å². The van der Waals surface area contributed by atoms with Gasteiger partial charge >= 0.3 is 0 Å². The van der Waals surface area contributed by atoms with Gasteiger partial charge in [0.05, 0.1) is 0 Å². The minimum absolute atomic E-state index is 0.312. The molecule has 3 atom stereocenters. The average Bonchev–Trinajstić information content (AvgIpc) is 3.08. The van der Waals surface area contributed by atoms with E-state index in [-0.39, 0.29) is 0 Å². The first kappa shape index (κ1) is 14.8. The third-order valence-corrected chi connectivity index (χ3v) is 6.15. The van der Waals surface area contributed by atoms with Crippen LogP contribution in [-0.2, 0) is 0 Å². The van der Waals surface area contributed by atoms with Crippen LogP contribution in [0.25, 0.3) is 0 Å². The molecule has 116 valence electrons. The fourth-order valence-corrected chi connectivity index (χ4v) is 5.10. The van der Waals surface area contributed by atoms with Gasteiger partial charge in [-0.1, -0.05) is 26.7 Å². The highest BCUT2D eigenvalue weighted by atomic mass is 15.3. The van der Waals surface area contributed by atoms with Crippen LogP contribution in [0.1, 0.15) is 52.4 Å². The summed E-state index contributed by atoms with van der Waals surface area (Å²) in [4.78, 5) is 5.55. The van der Waals surface area contributed by atoms with E-state index in [1.165, 1.54) is 64.7 Å². The summed E-state index contributed by atoms with van der Waals surface area (Å²) in [6.45, 7) is 10.7. The summed E-state index contributed by atoms with van der Waals surface area (Å²) in [5, 5.41) is 0. The van der Waals surface area contributed by atoms with E-state index in [0.29, 0.717) is 5.54 Å². The van der Waals surface area contributed by atoms with Crippen molar-refractivity contribution in [3.05, 3.63) is 0 Å². The Morgan fingerprint density at radius 3 is 2.60 bits per heavy atom. The second kappa shape index (κ2) is 5.94. The molecule has 0 aromatic heterocycles. The summed E-state index contributed by atoms with van der Waals surface area (Å²) in [7, 11) is 0. The van der Waals surface area contributed by atoms with E-state index in [2.05, 4.69) is 23.6 Å². The Kier molecular flexibility index (Phi) is 4.40. The molecule has 0 aromatic carbocycles. The van der Waals surface area contributed by atoms with E-state index in [4.69, 9.17) is 5.73 Å². The highest BCUT2D eigenvalue weighted by molar-refractivity contribution is 5.07. The summed E-state index contributed by atoms with van der Waals surface area (Å²) in [6.07, 6.45) is 8.35. The third-order valence-electron chi connectivity index (χ3n) is 6.15. The molecular formula is C17H33N3. The van der Waals surface area contributed by atoms with Gasteiger partial charge in [0.1, 0.15) is 0 Å². The van der Waals surface area contributed by atoms with Gasteiger partial charge in [-0.3, -0.25) is 4.90 Å². The first-order valence-corrected chi connectivity index (χ1v) is 8.85. The molecular weight excluding hydrogens is 246 g/mol. The molecule has 0 amide bonds. The van der Waals surface area contributed by atoms with Crippen molar-refractivity contribution < 1.29 is 0 Å². The van der Waals surface area contributed by atoms with Gasteiger partial charge in [0.2, 0.25) is 0 Å². The summed E-state index contributed by atoms with van der Waals surface area (Å²) >= 11 is 0. The fourth-order valence-electron chi connectivity index (χ4n) is 5.10. The first-order chi connectivity index (χ1) is 9.65. The van der Waals surface area contributed by atoms with E-state index < -0.39 is 0 Å². The van der Waals surface area contributed by atoms with E-state index in [9.17, 15) is 0 Å². The Balaban J connectivity index is 1.85. The van der Waals surface area contributed by atoms with Crippen molar-refractivity contribution in [3.8, 4) is 0 Å². The highest BCUT2D eigenvalue weighted by Crippen LogP contribution is 2.42. The largest absolute Gasteiger partial charge is 0.329 e. The van der Waals surface area contributed by atoms with Crippen LogP contribution in [-0.4, -0.2) is 54.1 Å². The molecule has 3 aliphatic rings. The molecule has 0 radical (unpaired) electrons. The summed E-state index contributed by atoms with van der Waals surface area (Å²) in [6, 6.07) is 0.813. The van der Waals surface area contributed by atoms with E-state index >= 15 is 0 Å². The second-order valence-electron chi connectivity index (χ2n) is 7.83. The van der Waals surface area contributed by atoms with Crippen LogP contribution in [0.2, 0.25) is 0 Å². The van der Waals surface area contributed by atoms with Crippen LogP contribution in [0, 0.1) is 11.8 Å². The minimum atomic E-state index is 0.312. The molecule has 3 heteroatoms. The minimum Gasteiger partial charge on any atom is -0.329 e. The standard InChI is InChI=1S/C17H33N3/c1-14(2)11-20(16-5-3-4-6-16)17(13-18)8-10-19-9-7-15(17)12-19/h14-16H,3-13,18H2,1-2H3. The monoisotopic (exact) mass is 279 g/mol. The number of nitrogens with zero attached hydrogens (tertiary/aromatic N) is 2. The van der Waals surface area contributed by atoms with E-state index in [1.807, 2.05) is 0 Å². The van der Waals surface area contributed by atoms with Gasteiger partial charge in [-0.05, 0) is 50.6 Å². The molecule has 3 rings (SSSR count). The number of piperidine rings is 1. The van der Waals surface area contributed by atoms with Gasteiger partial charge in [-0.2, -0.15) is 0 Å². The fraction of sp³-hybridized carbons (Fsp3) is 1.00. The lowest BCUT2D eigenvalue weighted by Crippen LogP contribution is -2.65. The molecule has 3 fully saturated rings. The molecule has 0 aromatic rings. The Hall–Kier alpha value is -0.120. The van der Waals surface area contributed by atoms with E-state index in [1.54, 1.807) is 0 Å².